The van der Waals surface area contributed by atoms with Gasteiger partial charge in [0.05, 0.1) is 5.69 Å². The molecule has 5 heteroatoms. The molecule has 0 aliphatic rings. The van der Waals surface area contributed by atoms with E-state index in [0.717, 1.165) is 11.3 Å². The summed E-state index contributed by atoms with van der Waals surface area (Å²) in [7, 11) is 0. The van der Waals surface area contributed by atoms with Gasteiger partial charge in [0.1, 0.15) is 0 Å². The minimum Gasteiger partial charge on any atom is -0.193 e. The SMILES string of the molecule is Clc1ccc(-n2nnnc2C=CC=Cc2ccccc2)cc1. The molecule has 0 radical (unpaired) electrons. The molecule has 2 aromatic carbocycles. The molecule has 0 fully saturated rings. The lowest BCUT2D eigenvalue weighted by molar-refractivity contribution is 0.787. The minimum atomic E-state index is 0.653. The Balaban J connectivity index is 1.76. The van der Waals surface area contributed by atoms with E-state index < -0.39 is 0 Å². The Bertz CT molecular complexity index is 789. The van der Waals surface area contributed by atoms with Crippen molar-refractivity contribution >= 4 is 23.8 Å². The van der Waals surface area contributed by atoms with Gasteiger partial charge < -0.3 is 0 Å². The highest BCUT2D eigenvalue weighted by Crippen LogP contribution is 2.14. The molecule has 0 spiro atoms. The van der Waals surface area contributed by atoms with E-state index in [0.29, 0.717) is 10.8 Å². The maximum atomic E-state index is 5.89. The van der Waals surface area contributed by atoms with Crippen molar-refractivity contribution in [3.63, 3.8) is 0 Å². The molecule has 0 atom stereocenters. The number of halogens is 1. The zero-order valence-corrected chi connectivity index (χ0v) is 12.4. The molecule has 1 aromatic heterocycles. The van der Waals surface area contributed by atoms with Crippen molar-refractivity contribution in [3.05, 3.63) is 83.2 Å². The largest absolute Gasteiger partial charge is 0.193 e. The van der Waals surface area contributed by atoms with E-state index in [-0.39, 0.29) is 0 Å². The lowest BCUT2D eigenvalue weighted by Gasteiger charge is -2.01. The average molecular weight is 309 g/mol. The van der Waals surface area contributed by atoms with Gasteiger partial charge in [-0.15, -0.1) is 5.10 Å². The Morgan fingerprint density at radius 1 is 0.864 bits per heavy atom. The molecular weight excluding hydrogens is 296 g/mol. The van der Waals surface area contributed by atoms with Crippen LogP contribution in [0.1, 0.15) is 11.4 Å². The van der Waals surface area contributed by atoms with Crippen LogP contribution in [0.5, 0.6) is 0 Å². The van der Waals surface area contributed by atoms with Crippen LogP contribution in [-0.4, -0.2) is 20.2 Å². The quantitative estimate of drug-likeness (QED) is 0.683. The molecule has 0 amide bonds. The molecule has 22 heavy (non-hydrogen) atoms. The third-order valence-corrected chi connectivity index (χ3v) is 3.26. The summed E-state index contributed by atoms with van der Waals surface area (Å²) in [5.41, 5.74) is 2.01. The fraction of sp³-hybridized carbons (Fsp3) is 0. The highest BCUT2D eigenvalue weighted by atomic mass is 35.5. The zero-order chi connectivity index (χ0) is 15.2. The van der Waals surface area contributed by atoms with Crippen LogP contribution < -0.4 is 0 Å². The Morgan fingerprint density at radius 3 is 2.36 bits per heavy atom. The van der Waals surface area contributed by atoms with Crippen LogP contribution in [0.25, 0.3) is 17.8 Å². The predicted molar refractivity (Wildman–Crippen MR) is 88.7 cm³/mol. The lowest BCUT2D eigenvalue weighted by atomic mass is 10.2. The number of nitrogens with zero attached hydrogens (tertiary/aromatic N) is 4. The number of rotatable bonds is 4. The predicted octanol–water partition coefficient (Wildman–Crippen LogP) is 4.04. The van der Waals surface area contributed by atoms with Gasteiger partial charge in [-0.2, -0.15) is 4.68 Å². The molecule has 3 rings (SSSR count). The highest BCUT2D eigenvalue weighted by molar-refractivity contribution is 6.30. The van der Waals surface area contributed by atoms with Crippen molar-refractivity contribution in [2.75, 3.05) is 0 Å². The van der Waals surface area contributed by atoms with Gasteiger partial charge in [0.15, 0.2) is 5.82 Å². The summed E-state index contributed by atoms with van der Waals surface area (Å²) in [5, 5.41) is 12.4. The number of benzene rings is 2. The van der Waals surface area contributed by atoms with Gasteiger partial charge in [0, 0.05) is 5.02 Å². The molecule has 0 saturated heterocycles. The first-order valence-corrected chi connectivity index (χ1v) is 7.15. The van der Waals surface area contributed by atoms with Gasteiger partial charge in [-0.1, -0.05) is 60.2 Å². The van der Waals surface area contributed by atoms with Gasteiger partial charge in [0.2, 0.25) is 0 Å². The molecule has 0 aliphatic carbocycles. The van der Waals surface area contributed by atoms with E-state index in [1.807, 2.05) is 66.8 Å². The molecule has 108 valence electrons. The third kappa shape index (κ3) is 3.48. The molecule has 0 N–H and O–H groups in total. The summed E-state index contributed by atoms with van der Waals surface area (Å²) >= 11 is 5.89. The summed E-state index contributed by atoms with van der Waals surface area (Å²) in [6.07, 6.45) is 7.74. The number of hydrogen-bond donors (Lipinski definition) is 0. The van der Waals surface area contributed by atoms with E-state index in [9.17, 15) is 0 Å². The van der Waals surface area contributed by atoms with Crippen molar-refractivity contribution in [1.29, 1.82) is 0 Å². The number of hydrogen-bond acceptors (Lipinski definition) is 3. The lowest BCUT2D eigenvalue weighted by Crippen LogP contribution is -1.98. The van der Waals surface area contributed by atoms with E-state index in [1.54, 1.807) is 16.8 Å². The maximum absolute atomic E-state index is 5.89. The van der Waals surface area contributed by atoms with E-state index in [2.05, 4.69) is 15.5 Å². The van der Waals surface area contributed by atoms with Crippen molar-refractivity contribution < 1.29 is 0 Å². The van der Waals surface area contributed by atoms with Crippen LogP contribution in [0.2, 0.25) is 5.02 Å². The van der Waals surface area contributed by atoms with Crippen molar-refractivity contribution in [2.45, 2.75) is 0 Å². The summed E-state index contributed by atoms with van der Waals surface area (Å²) < 4.78 is 1.66. The van der Waals surface area contributed by atoms with Crippen LogP contribution in [-0.2, 0) is 0 Å². The van der Waals surface area contributed by atoms with Crippen molar-refractivity contribution in [3.8, 4) is 5.69 Å². The van der Waals surface area contributed by atoms with E-state index in [4.69, 9.17) is 11.6 Å². The summed E-state index contributed by atoms with van der Waals surface area (Å²) in [6.45, 7) is 0. The monoisotopic (exact) mass is 308 g/mol. The first kappa shape index (κ1) is 14.2. The first-order valence-electron chi connectivity index (χ1n) is 6.77. The van der Waals surface area contributed by atoms with Gasteiger partial charge in [-0.3, -0.25) is 0 Å². The van der Waals surface area contributed by atoms with Crippen molar-refractivity contribution in [1.82, 2.24) is 20.2 Å². The van der Waals surface area contributed by atoms with Crippen LogP contribution >= 0.6 is 11.6 Å². The second kappa shape index (κ2) is 6.83. The van der Waals surface area contributed by atoms with Gasteiger partial charge in [0.25, 0.3) is 0 Å². The average Bonchev–Trinajstić information content (AvgIpc) is 3.02. The molecule has 0 saturated carbocycles. The minimum absolute atomic E-state index is 0.653. The smallest absolute Gasteiger partial charge is 0.179 e. The van der Waals surface area contributed by atoms with Crippen LogP contribution in [0.4, 0.5) is 0 Å². The van der Waals surface area contributed by atoms with Gasteiger partial charge >= 0.3 is 0 Å². The van der Waals surface area contributed by atoms with Crippen LogP contribution in [0.3, 0.4) is 0 Å². The molecular formula is C17H13ClN4. The van der Waals surface area contributed by atoms with Crippen LogP contribution in [0.15, 0.2) is 66.7 Å². The zero-order valence-electron chi connectivity index (χ0n) is 11.7. The second-order valence-electron chi connectivity index (χ2n) is 4.55. The molecule has 0 unspecified atom stereocenters. The fourth-order valence-corrected chi connectivity index (χ4v) is 2.06. The highest BCUT2D eigenvalue weighted by Gasteiger charge is 2.04. The van der Waals surface area contributed by atoms with Crippen LogP contribution in [0, 0.1) is 0 Å². The van der Waals surface area contributed by atoms with Gasteiger partial charge in [-0.25, -0.2) is 0 Å². The molecule has 4 nitrogen and oxygen atoms in total. The van der Waals surface area contributed by atoms with Crippen molar-refractivity contribution in [2.24, 2.45) is 0 Å². The van der Waals surface area contributed by atoms with E-state index in [1.165, 1.54) is 0 Å². The first-order chi connectivity index (χ1) is 10.8. The Labute approximate surface area is 133 Å². The Kier molecular flexibility index (Phi) is 4.41. The standard InChI is InChI=1S/C17H13ClN4/c18-15-10-12-16(13-11-15)22-17(19-20-21-22)9-5-4-8-14-6-2-1-3-7-14/h1-13H. The summed E-state index contributed by atoms with van der Waals surface area (Å²) in [5.74, 6) is 0.653. The Hall–Kier alpha value is -2.72. The molecule has 0 aliphatic heterocycles. The molecule has 1 heterocycles. The molecule has 0 bridgehead atoms. The normalized spacial score (nSPS) is 11.5. The number of aromatic nitrogens is 4. The number of allylic oxidation sites excluding steroid dienone is 2. The Morgan fingerprint density at radius 2 is 1.59 bits per heavy atom. The fourth-order valence-electron chi connectivity index (χ4n) is 1.94. The molecule has 3 aromatic rings. The third-order valence-electron chi connectivity index (χ3n) is 3.01. The maximum Gasteiger partial charge on any atom is 0.179 e. The number of tetrazole rings is 1. The second-order valence-corrected chi connectivity index (χ2v) is 4.99. The summed E-state index contributed by atoms with van der Waals surface area (Å²) in [4.78, 5) is 0. The summed E-state index contributed by atoms with van der Waals surface area (Å²) in [6, 6.07) is 17.4. The van der Waals surface area contributed by atoms with Gasteiger partial charge in [-0.05, 0) is 46.3 Å². The van der Waals surface area contributed by atoms with E-state index >= 15 is 0 Å². The topological polar surface area (TPSA) is 43.6 Å².